The first-order valence-electron chi connectivity index (χ1n) is 6.55. The molecule has 102 valence electrons. The van der Waals surface area contributed by atoms with Gasteiger partial charge in [0.25, 0.3) is 0 Å². The number of rotatable bonds is 6. The van der Waals surface area contributed by atoms with Gasteiger partial charge >= 0.3 is 0 Å². The Morgan fingerprint density at radius 1 is 1.37 bits per heavy atom. The van der Waals surface area contributed by atoms with Crippen molar-refractivity contribution in [3.8, 4) is 6.07 Å². The predicted molar refractivity (Wildman–Crippen MR) is 76.4 cm³/mol. The van der Waals surface area contributed by atoms with Crippen molar-refractivity contribution in [3.63, 3.8) is 0 Å². The number of amides is 1. The van der Waals surface area contributed by atoms with Crippen LogP contribution in [0.1, 0.15) is 20.3 Å². The summed E-state index contributed by atoms with van der Waals surface area (Å²) in [6, 6.07) is 11.5. The molecule has 0 saturated carbocycles. The third kappa shape index (κ3) is 4.08. The van der Waals surface area contributed by atoms with E-state index in [9.17, 15) is 4.79 Å². The van der Waals surface area contributed by atoms with E-state index in [1.807, 2.05) is 44.2 Å². The lowest BCUT2D eigenvalue weighted by atomic mass is 9.94. The molecule has 0 spiro atoms. The van der Waals surface area contributed by atoms with E-state index in [1.165, 1.54) is 0 Å². The highest BCUT2D eigenvalue weighted by Crippen LogP contribution is 2.20. The predicted octanol–water partition coefficient (Wildman–Crippen LogP) is 2.16. The first kappa shape index (κ1) is 15.2. The van der Waals surface area contributed by atoms with E-state index < -0.39 is 0 Å². The van der Waals surface area contributed by atoms with Gasteiger partial charge in [0.2, 0.25) is 5.91 Å². The average molecular weight is 259 g/mol. The molecule has 4 nitrogen and oxygen atoms in total. The Kier molecular flexibility index (Phi) is 6.04. The molecule has 0 bridgehead atoms. The van der Waals surface area contributed by atoms with Crippen LogP contribution in [0.25, 0.3) is 0 Å². The fourth-order valence-electron chi connectivity index (χ4n) is 1.99. The molecule has 0 aliphatic rings. The van der Waals surface area contributed by atoms with Gasteiger partial charge in [-0.05, 0) is 18.1 Å². The number of nitrogens with zero attached hydrogens (tertiary/aromatic N) is 2. The second kappa shape index (κ2) is 7.55. The molecule has 1 aromatic carbocycles. The molecular formula is C15H21N3O. The van der Waals surface area contributed by atoms with Crippen molar-refractivity contribution >= 4 is 11.6 Å². The highest BCUT2D eigenvalue weighted by Gasteiger charge is 2.26. The molecule has 1 rings (SSSR count). The van der Waals surface area contributed by atoms with E-state index in [-0.39, 0.29) is 17.7 Å². The minimum Gasteiger partial charge on any atom is -0.330 e. The molecule has 0 saturated heterocycles. The van der Waals surface area contributed by atoms with Crippen LogP contribution in [0.5, 0.6) is 0 Å². The molecule has 1 unspecified atom stereocenters. The fourth-order valence-corrected chi connectivity index (χ4v) is 1.99. The van der Waals surface area contributed by atoms with E-state index in [4.69, 9.17) is 11.0 Å². The van der Waals surface area contributed by atoms with Crippen molar-refractivity contribution in [1.29, 1.82) is 5.26 Å². The Bertz CT molecular complexity index is 436. The van der Waals surface area contributed by atoms with Crippen molar-refractivity contribution in [2.75, 3.05) is 18.0 Å². The topological polar surface area (TPSA) is 70.1 Å². The van der Waals surface area contributed by atoms with Gasteiger partial charge in [0, 0.05) is 18.8 Å². The maximum atomic E-state index is 12.6. The summed E-state index contributed by atoms with van der Waals surface area (Å²) in [5, 5.41) is 8.74. The second-order valence-corrected chi connectivity index (χ2v) is 4.82. The number of carbonyl (C=O) groups excluding carboxylic acids is 1. The molecule has 0 fully saturated rings. The lowest BCUT2D eigenvalue weighted by molar-refractivity contribution is -0.123. The standard InChI is InChI=1S/C15H21N3O/c1-12(2)14(11-17)15(19)18(10-6-9-16)13-7-4-3-5-8-13/h3-5,7-8,12,14H,6,10-11,17H2,1-2H3. The van der Waals surface area contributed by atoms with Crippen molar-refractivity contribution in [2.24, 2.45) is 17.6 Å². The molecule has 0 heterocycles. The van der Waals surface area contributed by atoms with Gasteiger partial charge < -0.3 is 10.6 Å². The molecule has 0 aromatic heterocycles. The van der Waals surface area contributed by atoms with Gasteiger partial charge in [0.15, 0.2) is 0 Å². The summed E-state index contributed by atoms with van der Waals surface area (Å²) in [7, 11) is 0. The number of anilines is 1. The molecule has 19 heavy (non-hydrogen) atoms. The number of carbonyl (C=O) groups is 1. The zero-order chi connectivity index (χ0) is 14.3. The second-order valence-electron chi connectivity index (χ2n) is 4.82. The van der Waals surface area contributed by atoms with E-state index in [1.54, 1.807) is 4.90 Å². The molecule has 0 aliphatic heterocycles. The largest absolute Gasteiger partial charge is 0.330 e. The van der Waals surface area contributed by atoms with Crippen molar-refractivity contribution < 1.29 is 4.79 Å². The Morgan fingerprint density at radius 2 is 2.00 bits per heavy atom. The van der Waals surface area contributed by atoms with Crippen LogP contribution >= 0.6 is 0 Å². The lowest BCUT2D eigenvalue weighted by Crippen LogP contribution is -2.42. The molecule has 2 N–H and O–H groups in total. The van der Waals surface area contributed by atoms with Crippen LogP contribution in [-0.4, -0.2) is 19.0 Å². The SMILES string of the molecule is CC(C)C(CN)C(=O)N(CCC#N)c1ccccc1. The van der Waals surface area contributed by atoms with Gasteiger partial charge in [-0.3, -0.25) is 4.79 Å². The van der Waals surface area contributed by atoms with Crippen molar-refractivity contribution in [3.05, 3.63) is 30.3 Å². The normalized spacial score (nSPS) is 11.9. The molecule has 4 heteroatoms. The van der Waals surface area contributed by atoms with E-state index >= 15 is 0 Å². The van der Waals surface area contributed by atoms with Gasteiger partial charge in [0.05, 0.1) is 18.4 Å². The van der Waals surface area contributed by atoms with Crippen LogP contribution in [0.15, 0.2) is 30.3 Å². The van der Waals surface area contributed by atoms with Crippen LogP contribution in [0.3, 0.4) is 0 Å². The summed E-state index contributed by atoms with van der Waals surface area (Å²) in [6.45, 7) is 4.71. The molecule has 1 amide bonds. The molecule has 0 aliphatic carbocycles. The number of nitriles is 1. The molecule has 1 aromatic rings. The summed E-state index contributed by atoms with van der Waals surface area (Å²) in [5.74, 6) is -0.0244. The minimum atomic E-state index is -0.209. The van der Waals surface area contributed by atoms with Gasteiger partial charge in [-0.1, -0.05) is 32.0 Å². The van der Waals surface area contributed by atoms with Gasteiger partial charge in [0.1, 0.15) is 0 Å². The lowest BCUT2D eigenvalue weighted by Gasteiger charge is -2.28. The average Bonchev–Trinajstić information content (AvgIpc) is 2.40. The maximum Gasteiger partial charge on any atom is 0.231 e. The first-order chi connectivity index (χ1) is 9.11. The van der Waals surface area contributed by atoms with E-state index in [2.05, 4.69) is 6.07 Å². The number of benzene rings is 1. The van der Waals surface area contributed by atoms with Gasteiger partial charge in [-0.2, -0.15) is 5.26 Å². The number of hydrogen-bond acceptors (Lipinski definition) is 3. The van der Waals surface area contributed by atoms with Crippen molar-refractivity contribution in [1.82, 2.24) is 0 Å². The molecule has 1 atom stereocenters. The number of hydrogen-bond donors (Lipinski definition) is 1. The summed E-state index contributed by atoms with van der Waals surface area (Å²) in [4.78, 5) is 14.2. The zero-order valence-corrected chi connectivity index (χ0v) is 11.5. The zero-order valence-electron chi connectivity index (χ0n) is 11.5. The maximum absolute atomic E-state index is 12.6. The summed E-state index contributed by atoms with van der Waals surface area (Å²) in [5.41, 5.74) is 6.53. The first-order valence-corrected chi connectivity index (χ1v) is 6.55. The molecule has 0 radical (unpaired) electrons. The highest BCUT2D eigenvalue weighted by molar-refractivity contribution is 5.95. The summed E-state index contributed by atoms with van der Waals surface area (Å²) < 4.78 is 0. The van der Waals surface area contributed by atoms with E-state index in [0.29, 0.717) is 19.5 Å². The van der Waals surface area contributed by atoms with Gasteiger partial charge in [-0.25, -0.2) is 0 Å². The number of nitrogens with two attached hydrogens (primary N) is 1. The Labute approximate surface area is 114 Å². The highest BCUT2D eigenvalue weighted by atomic mass is 16.2. The number of para-hydroxylation sites is 1. The van der Waals surface area contributed by atoms with E-state index in [0.717, 1.165) is 5.69 Å². The monoisotopic (exact) mass is 259 g/mol. The van der Waals surface area contributed by atoms with Crippen LogP contribution in [0.4, 0.5) is 5.69 Å². The third-order valence-corrected chi connectivity index (χ3v) is 3.16. The Morgan fingerprint density at radius 3 is 2.47 bits per heavy atom. The van der Waals surface area contributed by atoms with Crippen molar-refractivity contribution in [2.45, 2.75) is 20.3 Å². The quantitative estimate of drug-likeness (QED) is 0.851. The molecular weight excluding hydrogens is 238 g/mol. The Balaban J connectivity index is 2.97. The smallest absolute Gasteiger partial charge is 0.231 e. The van der Waals surface area contributed by atoms with Crippen LogP contribution in [0.2, 0.25) is 0 Å². The van der Waals surface area contributed by atoms with Crippen LogP contribution in [-0.2, 0) is 4.79 Å². The van der Waals surface area contributed by atoms with Gasteiger partial charge in [-0.15, -0.1) is 0 Å². The fraction of sp³-hybridized carbons (Fsp3) is 0.467. The van der Waals surface area contributed by atoms with Crippen LogP contribution in [0, 0.1) is 23.2 Å². The summed E-state index contributed by atoms with van der Waals surface area (Å²) in [6.07, 6.45) is 0.315. The Hall–Kier alpha value is -1.86. The third-order valence-electron chi connectivity index (χ3n) is 3.16. The summed E-state index contributed by atoms with van der Waals surface area (Å²) >= 11 is 0. The van der Waals surface area contributed by atoms with Crippen LogP contribution < -0.4 is 10.6 Å². The minimum absolute atomic E-state index is 0.000972.